The molecule has 19 heavy (non-hydrogen) atoms. The lowest BCUT2D eigenvalue weighted by atomic mass is 10.3. The number of halogens is 3. The summed E-state index contributed by atoms with van der Waals surface area (Å²) in [6.07, 6.45) is -1.46. The fourth-order valence-corrected chi connectivity index (χ4v) is 1.60. The normalized spacial score (nSPS) is 14.5. The second kappa shape index (κ2) is 4.11. The van der Waals surface area contributed by atoms with Gasteiger partial charge in [0.1, 0.15) is 0 Å². The monoisotopic (exact) mass is 268 g/mol. The summed E-state index contributed by atoms with van der Waals surface area (Å²) in [5, 5.41) is 4.12. The number of alkyl halides is 3. The van der Waals surface area contributed by atoms with Gasteiger partial charge in [0.25, 0.3) is 0 Å². The van der Waals surface area contributed by atoms with Crippen molar-refractivity contribution in [3.05, 3.63) is 23.8 Å². The quantitative estimate of drug-likeness (QED) is 0.779. The van der Waals surface area contributed by atoms with Gasteiger partial charge in [0.15, 0.2) is 11.6 Å². The van der Waals surface area contributed by atoms with Crippen LogP contribution in [-0.2, 0) is 12.7 Å². The van der Waals surface area contributed by atoms with E-state index in [0.29, 0.717) is 18.9 Å². The van der Waals surface area contributed by atoms with E-state index in [0.717, 1.165) is 12.4 Å². The maximum absolute atomic E-state index is 12.4. The van der Waals surface area contributed by atoms with Crippen molar-refractivity contribution in [2.75, 3.05) is 6.54 Å². The van der Waals surface area contributed by atoms with E-state index in [9.17, 15) is 13.2 Å². The molecule has 98 valence electrons. The highest BCUT2D eigenvalue weighted by Crippen LogP contribution is 2.28. The number of aliphatic imine (C=N–C) groups is 1. The predicted octanol–water partition coefficient (Wildman–Crippen LogP) is 1.19. The van der Waals surface area contributed by atoms with E-state index >= 15 is 0 Å². The summed E-state index contributed by atoms with van der Waals surface area (Å²) >= 11 is 0. The lowest BCUT2D eigenvalue weighted by molar-refractivity contribution is -0.138. The van der Waals surface area contributed by atoms with Crippen LogP contribution in [0.25, 0.3) is 11.6 Å². The molecule has 0 unspecified atom stereocenters. The number of aromatic nitrogens is 5. The van der Waals surface area contributed by atoms with Gasteiger partial charge in [-0.2, -0.15) is 13.2 Å². The molecule has 0 saturated heterocycles. The molecule has 0 bridgehead atoms. The molecule has 6 nitrogen and oxygen atoms in total. The summed E-state index contributed by atoms with van der Waals surface area (Å²) in [7, 11) is 0. The van der Waals surface area contributed by atoms with Crippen molar-refractivity contribution in [2.45, 2.75) is 12.7 Å². The second-order valence-electron chi connectivity index (χ2n) is 3.85. The van der Waals surface area contributed by atoms with Crippen molar-refractivity contribution in [2.24, 2.45) is 4.99 Å². The zero-order valence-electron chi connectivity index (χ0n) is 9.46. The van der Waals surface area contributed by atoms with Crippen molar-refractivity contribution in [3.63, 3.8) is 0 Å². The Morgan fingerprint density at radius 3 is 2.47 bits per heavy atom. The van der Waals surface area contributed by atoms with Crippen LogP contribution in [0.5, 0.6) is 0 Å². The van der Waals surface area contributed by atoms with E-state index in [1.54, 1.807) is 10.9 Å². The highest BCUT2D eigenvalue weighted by molar-refractivity contribution is 5.76. The number of fused-ring (bicyclic) bond motifs is 1. The molecule has 1 aliphatic heterocycles. The minimum atomic E-state index is -4.45. The number of hydrogen-bond donors (Lipinski definition) is 0. The van der Waals surface area contributed by atoms with Crippen LogP contribution in [0.4, 0.5) is 13.2 Å². The van der Waals surface area contributed by atoms with E-state index in [2.05, 4.69) is 25.0 Å². The summed E-state index contributed by atoms with van der Waals surface area (Å²) in [4.78, 5) is 15.4. The first kappa shape index (κ1) is 11.8. The van der Waals surface area contributed by atoms with E-state index in [1.807, 2.05) is 0 Å². The first-order valence-electron chi connectivity index (χ1n) is 5.38. The van der Waals surface area contributed by atoms with Crippen molar-refractivity contribution in [3.8, 4) is 11.6 Å². The first-order chi connectivity index (χ1) is 9.04. The zero-order valence-corrected chi connectivity index (χ0v) is 9.46. The molecule has 0 aliphatic carbocycles. The molecule has 0 spiro atoms. The predicted molar refractivity (Wildman–Crippen MR) is 58.5 cm³/mol. The minimum absolute atomic E-state index is 0.0586. The molecule has 0 radical (unpaired) electrons. The van der Waals surface area contributed by atoms with Gasteiger partial charge in [-0.05, 0) is 0 Å². The Morgan fingerprint density at radius 1 is 1.11 bits per heavy atom. The third-order valence-electron chi connectivity index (χ3n) is 2.53. The molecule has 0 atom stereocenters. The molecular formula is C10H7F3N6. The van der Waals surface area contributed by atoms with E-state index in [4.69, 9.17) is 0 Å². The summed E-state index contributed by atoms with van der Waals surface area (Å²) in [6, 6.07) is 0. The molecule has 2 aromatic rings. The lowest BCUT2D eigenvalue weighted by Gasteiger charge is -2.04. The Kier molecular flexibility index (Phi) is 2.54. The lowest BCUT2D eigenvalue weighted by Crippen LogP contribution is -2.12. The molecule has 1 aliphatic rings. The number of rotatable bonds is 1. The fraction of sp³-hybridized carbons (Fsp3) is 0.300. The molecule has 0 fully saturated rings. The van der Waals surface area contributed by atoms with Crippen LogP contribution in [-0.4, -0.2) is 37.5 Å². The van der Waals surface area contributed by atoms with Crippen molar-refractivity contribution < 1.29 is 13.2 Å². The molecule has 0 N–H and O–H groups in total. The Hall–Kier alpha value is -2.32. The van der Waals surface area contributed by atoms with Crippen LogP contribution in [0.3, 0.4) is 0 Å². The maximum Gasteiger partial charge on any atom is 0.419 e. The molecule has 0 amide bonds. The topological polar surface area (TPSA) is 68.8 Å². The van der Waals surface area contributed by atoms with E-state index in [-0.39, 0.29) is 11.6 Å². The fourth-order valence-electron chi connectivity index (χ4n) is 1.60. The number of nitrogens with zero attached hydrogens (tertiary/aromatic N) is 6. The van der Waals surface area contributed by atoms with E-state index in [1.165, 1.54) is 0 Å². The van der Waals surface area contributed by atoms with Crippen molar-refractivity contribution in [1.29, 1.82) is 0 Å². The molecule has 0 saturated carbocycles. The van der Waals surface area contributed by atoms with Crippen LogP contribution in [0.1, 0.15) is 11.4 Å². The number of hydrogen-bond acceptors (Lipinski definition) is 5. The smallest absolute Gasteiger partial charge is 0.287 e. The van der Waals surface area contributed by atoms with Crippen LogP contribution in [0, 0.1) is 0 Å². The van der Waals surface area contributed by atoms with Crippen molar-refractivity contribution >= 4 is 6.21 Å². The Morgan fingerprint density at radius 2 is 1.84 bits per heavy atom. The maximum atomic E-state index is 12.4. The van der Waals surface area contributed by atoms with Crippen molar-refractivity contribution in [1.82, 2.24) is 24.7 Å². The minimum Gasteiger partial charge on any atom is -0.287 e. The first-order valence-corrected chi connectivity index (χ1v) is 5.38. The standard InChI is InChI=1S/C10H7F3N6/c11-10(12,13)6-3-15-8(16-4-6)9-17-7-5-14-1-2-19(7)18-9/h3-5H,1-2H2. The van der Waals surface area contributed by atoms with Crippen LogP contribution in [0.15, 0.2) is 17.4 Å². The average Bonchev–Trinajstić information content (AvgIpc) is 2.81. The molecule has 0 aromatic carbocycles. The Balaban J connectivity index is 1.94. The third kappa shape index (κ3) is 2.18. The molecular weight excluding hydrogens is 261 g/mol. The average molecular weight is 268 g/mol. The van der Waals surface area contributed by atoms with Crippen LogP contribution < -0.4 is 0 Å². The highest BCUT2D eigenvalue weighted by Gasteiger charge is 2.31. The molecule has 3 heterocycles. The van der Waals surface area contributed by atoms with Gasteiger partial charge in [-0.3, -0.25) is 4.99 Å². The molecule has 3 rings (SSSR count). The summed E-state index contributed by atoms with van der Waals surface area (Å²) < 4.78 is 38.7. The third-order valence-corrected chi connectivity index (χ3v) is 2.53. The largest absolute Gasteiger partial charge is 0.419 e. The molecule has 9 heteroatoms. The summed E-state index contributed by atoms with van der Waals surface area (Å²) in [6.45, 7) is 1.18. The highest BCUT2D eigenvalue weighted by atomic mass is 19.4. The molecule has 2 aromatic heterocycles. The van der Waals surface area contributed by atoms with Crippen LogP contribution in [0.2, 0.25) is 0 Å². The van der Waals surface area contributed by atoms with Gasteiger partial charge in [-0.15, -0.1) is 5.10 Å². The van der Waals surface area contributed by atoms with Crippen LogP contribution >= 0.6 is 0 Å². The van der Waals surface area contributed by atoms with Gasteiger partial charge in [0.2, 0.25) is 5.82 Å². The zero-order chi connectivity index (χ0) is 13.5. The second-order valence-corrected chi connectivity index (χ2v) is 3.85. The SMILES string of the molecule is FC(F)(F)c1cnc(-c2nc3n(n2)CCN=C3)nc1. The van der Waals surface area contributed by atoms with Gasteiger partial charge in [-0.1, -0.05) is 0 Å². The Labute approximate surface area is 105 Å². The summed E-state index contributed by atoms with van der Waals surface area (Å²) in [5.74, 6) is 0.796. The summed E-state index contributed by atoms with van der Waals surface area (Å²) in [5.41, 5.74) is -0.901. The van der Waals surface area contributed by atoms with E-state index < -0.39 is 11.7 Å². The van der Waals surface area contributed by atoms with Gasteiger partial charge in [-0.25, -0.2) is 19.6 Å². The van der Waals surface area contributed by atoms with Gasteiger partial charge in [0, 0.05) is 12.4 Å². The van der Waals surface area contributed by atoms with Gasteiger partial charge in [0.05, 0.1) is 24.9 Å². The van der Waals surface area contributed by atoms with Gasteiger partial charge < -0.3 is 0 Å². The Bertz CT molecular complexity index is 628. The van der Waals surface area contributed by atoms with Gasteiger partial charge >= 0.3 is 6.18 Å².